The molecular formula is C25H31FN4O6S. The van der Waals surface area contributed by atoms with E-state index in [2.05, 4.69) is 10.6 Å². The van der Waals surface area contributed by atoms with Crippen molar-refractivity contribution in [3.8, 4) is 11.5 Å². The second kappa shape index (κ2) is 11.3. The van der Waals surface area contributed by atoms with Crippen molar-refractivity contribution in [1.29, 1.82) is 0 Å². The molecule has 0 radical (unpaired) electrons. The molecule has 10 nitrogen and oxygen atoms in total. The normalized spacial score (nSPS) is 20.8. The van der Waals surface area contributed by atoms with E-state index in [9.17, 15) is 18.0 Å². The molecule has 2 amide bonds. The molecule has 2 aromatic rings. The molecule has 1 aliphatic heterocycles. The third kappa shape index (κ3) is 6.31. The van der Waals surface area contributed by atoms with Crippen LogP contribution in [0.5, 0.6) is 11.5 Å². The largest absolute Gasteiger partial charge is 0.497 e. The summed E-state index contributed by atoms with van der Waals surface area (Å²) >= 11 is 0. The molecule has 1 heterocycles. The Morgan fingerprint density at radius 2 is 1.84 bits per heavy atom. The zero-order valence-corrected chi connectivity index (χ0v) is 21.6. The summed E-state index contributed by atoms with van der Waals surface area (Å²) in [5.74, 6) is -0.821. The van der Waals surface area contributed by atoms with Crippen LogP contribution in [0.1, 0.15) is 36.8 Å². The van der Waals surface area contributed by atoms with Gasteiger partial charge in [-0.3, -0.25) is 9.59 Å². The van der Waals surface area contributed by atoms with Crippen molar-refractivity contribution in [2.24, 2.45) is 5.92 Å². The molecule has 1 saturated carbocycles. The van der Waals surface area contributed by atoms with Crippen LogP contribution < -0.4 is 29.1 Å². The van der Waals surface area contributed by atoms with E-state index in [1.807, 2.05) is 4.72 Å². The molecule has 1 saturated heterocycles. The molecule has 200 valence electrons. The summed E-state index contributed by atoms with van der Waals surface area (Å²) in [5, 5.41) is 6.10. The third-order valence-corrected chi connectivity index (χ3v) is 8.03. The van der Waals surface area contributed by atoms with E-state index in [0.717, 1.165) is 31.2 Å². The smallest absolute Gasteiger partial charge is 0.326 e. The van der Waals surface area contributed by atoms with E-state index in [0.29, 0.717) is 22.2 Å². The van der Waals surface area contributed by atoms with E-state index >= 15 is 4.39 Å². The Hall–Kier alpha value is -3.38. The quantitative estimate of drug-likeness (QED) is 0.449. The molecule has 1 aliphatic carbocycles. The fraction of sp³-hybridized carbons (Fsp3) is 0.440. The van der Waals surface area contributed by atoms with E-state index in [1.165, 1.54) is 6.07 Å². The van der Waals surface area contributed by atoms with Crippen molar-refractivity contribution in [3.05, 3.63) is 53.3 Å². The van der Waals surface area contributed by atoms with Crippen molar-refractivity contribution >= 4 is 27.7 Å². The van der Waals surface area contributed by atoms with Crippen LogP contribution in [0.25, 0.3) is 0 Å². The van der Waals surface area contributed by atoms with Crippen LogP contribution in [0, 0.1) is 11.7 Å². The molecule has 0 spiro atoms. The lowest BCUT2D eigenvalue weighted by atomic mass is 9.85. The fourth-order valence-electron chi connectivity index (χ4n) is 4.64. The summed E-state index contributed by atoms with van der Waals surface area (Å²) in [4.78, 5) is 23.7. The van der Waals surface area contributed by atoms with Crippen LogP contribution in [-0.4, -0.2) is 47.0 Å². The lowest BCUT2D eigenvalue weighted by Crippen LogP contribution is -2.37. The van der Waals surface area contributed by atoms with Crippen molar-refractivity contribution < 1.29 is 31.9 Å². The maximum atomic E-state index is 15.4. The molecule has 0 bridgehead atoms. The van der Waals surface area contributed by atoms with E-state index in [1.54, 1.807) is 44.5 Å². The Labute approximate surface area is 215 Å². The van der Waals surface area contributed by atoms with Gasteiger partial charge in [0, 0.05) is 25.6 Å². The van der Waals surface area contributed by atoms with E-state index in [4.69, 9.17) is 9.47 Å². The lowest BCUT2D eigenvalue weighted by molar-refractivity contribution is -0.125. The van der Waals surface area contributed by atoms with Crippen molar-refractivity contribution in [3.63, 3.8) is 0 Å². The lowest BCUT2D eigenvalue weighted by Gasteiger charge is -2.28. The predicted molar refractivity (Wildman–Crippen MR) is 135 cm³/mol. The molecule has 2 fully saturated rings. The maximum Gasteiger partial charge on any atom is 0.326 e. The number of nitrogens with one attached hydrogen (secondary N) is 3. The number of rotatable bonds is 9. The molecule has 3 N–H and O–H groups in total. The Morgan fingerprint density at radius 3 is 2.43 bits per heavy atom. The number of benzene rings is 2. The highest BCUT2D eigenvalue weighted by atomic mass is 32.2. The van der Waals surface area contributed by atoms with Gasteiger partial charge < -0.3 is 20.1 Å². The fourth-order valence-corrected chi connectivity index (χ4v) is 5.80. The molecular weight excluding hydrogens is 503 g/mol. The number of carbonyl (C=O) groups is 2. The average Bonchev–Trinajstić information content (AvgIpc) is 3.17. The Bertz CT molecular complexity index is 1250. The molecule has 4 rings (SSSR count). The van der Waals surface area contributed by atoms with Gasteiger partial charge in [-0.15, -0.1) is 0 Å². The minimum Gasteiger partial charge on any atom is -0.497 e. The minimum absolute atomic E-state index is 0.0102. The molecule has 0 unspecified atom stereocenters. The van der Waals surface area contributed by atoms with Crippen LogP contribution in [-0.2, 0) is 33.0 Å². The number of anilines is 1. The summed E-state index contributed by atoms with van der Waals surface area (Å²) in [5.41, 5.74) is 1.01. The highest BCUT2D eigenvalue weighted by Crippen LogP contribution is 2.36. The van der Waals surface area contributed by atoms with Crippen LogP contribution in [0.2, 0.25) is 0 Å². The number of ether oxygens (including phenoxy) is 2. The Balaban J connectivity index is 1.52. The monoisotopic (exact) mass is 534 g/mol. The molecule has 0 aromatic heterocycles. The van der Waals surface area contributed by atoms with Crippen LogP contribution in [0.15, 0.2) is 36.4 Å². The summed E-state index contributed by atoms with van der Waals surface area (Å²) < 4.78 is 53.9. The average molecular weight is 535 g/mol. The first-order valence-electron chi connectivity index (χ1n) is 12.1. The molecule has 12 heteroatoms. The zero-order chi connectivity index (χ0) is 26.6. The molecule has 2 aromatic carbocycles. The standard InChI is InChI=1S/C25H31FN4O6S/c1-27-25(32)18-5-7-19(8-6-18)28-13-17-11-21(26)24(30-14-23(31)29-37(30,33)34)22(12-17)36-15-16-3-9-20(35-2)10-4-16/h3-4,9-12,18-19,28H,5-8,13-15H2,1-2H3,(H,27,32)(H,29,31). The highest BCUT2D eigenvalue weighted by molar-refractivity contribution is 7.92. The maximum absolute atomic E-state index is 15.4. The molecule has 37 heavy (non-hydrogen) atoms. The number of halogens is 1. The van der Waals surface area contributed by atoms with Gasteiger partial charge in [0.1, 0.15) is 30.3 Å². The van der Waals surface area contributed by atoms with Crippen molar-refractivity contribution in [2.75, 3.05) is 25.0 Å². The van der Waals surface area contributed by atoms with Crippen molar-refractivity contribution in [1.82, 2.24) is 15.4 Å². The van der Waals surface area contributed by atoms with Gasteiger partial charge in [0.15, 0.2) is 5.82 Å². The van der Waals surface area contributed by atoms with E-state index < -0.39 is 28.5 Å². The summed E-state index contributed by atoms with van der Waals surface area (Å²) in [6.07, 6.45) is 3.18. The first-order valence-corrected chi connectivity index (χ1v) is 13.5. The first kappa shape index (κ1) is 26.7. The number of hydrogen-bond donors (Lipinski definition) is 3. The molecule has 0 atom stereocenters. The van der Waals surface area contributed by atoms with Crippen LogP contribution in [0.3, 0.4) is 0 Å². The third-order valence-electron chi connectivity index (χ3n) is 6.65. The van der Waals surface area contributed by atoms with Gasteiger partial charge in [-0.25, -0.2) is 13.4 Å². The van der Waals surface area contributed by atoms with Gasteiger partial charge in [0.05, 0.1) is 7.11 Å². The van der Waals surface area contributed by atoms with Gasteiger partial charge in [-0.2, -0.15) is 8.42 Å². The van der Waals surface area contributed by atoms with Gasteiger partial charge in [0.25, 0.3) is 5.91 Å². The van der Waals surface area contributed by atoms with Gasteiger partial charge in [0.2, 0.25) is 5.91 Å². The second-order valence-electron chi connectivity index (χ2n) is 9.14. The second-order valence-corrected chi connectivity index (χ2v) is 10.7. The predicted octanol–water partition coefficient (Wildman–Crippen LogP) is 1.99. The van der Waals surface area contributed by atoms with E-state index in [-0.39, 0.29) is 35.9 Å². The first-order chi connectivity index (χ1) is 17.7. The van der Waals surface area contributed by atoms with Gasteiger partial charge >= 0.3 is 10.2 Å². The number of hydrogen-bond acceptors (Lipinski definition) is 7. The number of amides is 2. The Kier molecular flexibility index (Phi) is 8.18. The summed E-state index contributed by atoms with van der Waals surface area (Å²) in [7, 11) is -1.04. The number of methoxy groups -OCH3 is 1. The summed E-state index contributed by atoms with van der Waals surface area (Å²) in [6, 6.07) is 10.1. The minimum atomic E-state index is -4.23. The van der Waals surface area contributed by atoms with Gasteiger partial charge in [-0.05, 0) is 61.1 Å². The summed E-state index contributed by atoms with van der Waals surface area (Å²) in [6.45, 7) is -0.161. The van der Waals surface area contributed by atoms with Gasteiger partial charge in [-0.1, -0.05) is 12.1 Å². The molecule has 2 aliphatic rings. The topological polar surface area (TPSA) is 126 Å². The SMILES string of the molecule is CNC(=O)C1CCC(NCc2cc(F)c(N3CC(=O)NS3(=O)=O)c(OCc3ccc(OC)cc3)c2)CC1. The highest BCUT2D eigenvalue weighted by Gasteiger charge is 2.38. The van der Waals surface area contributed by atoms with Crippen molar-refractivity contribution in [2.45, 2.75) is 44.9 Å². The van der Waals surface area contributed by atoms with Crippen LogP contribution >= 0.6 is 0 Å². The number of nitrogens with zero attached hydrogens (tertiary/aromatic N) is 1. The van der Waals surface area contributed by atoms with Crippen LogP contribution in [0.4, 0.5) is 10.1 Å². The number of carbonyl (C=O) groups excluding carboxylic acids is 2. The zero-order valence-electron chi connectivity index (χ0n) is 20.8. The Morgan fingerprint density at radius 1 is 1.14 bits per heavy atom.